The molecular weight excluding hydrogens is 453 g/mol. The van der Waals surface area contributed by atoms with Crippen LogP contribution in [0.25, 0.3) is 22.8 Å². The number of nitrogens with zero attached hydrogens (tertiary/aromatic N) is 2. The Kier molecular flexibility index (Phi) is 6.58. The lowest BCUT2D eigenvalue weighted by atomic mass is 10.1. The van der Waals surface area contributed by atoms with E-state index in [4.69, 9.17) is 42.9 Å². The molecule has 3 aromatic carbocycles. The molecule has 4 aromatic rings. The average Bonchev–Trinajstić information content (AvgIpc) is 3.28. The molecule has 0 spiro atoms. The number of carbonyl (C=O) groups is 1. The minimum Gasteiger partial charge on any atom is -0.487 e. The number of hydrogen-bond acceptors (Lipinski definition) is 6. The fourth-order valence-electron chi connectivity index (χ4n) is 2.86. The Morgan fingerprint density at radius 2 is 1.78 bits per heavy atom. The monoisotopic (exact) mass is 469 g/mol. The van der Waals surface area contributed by atoms with Gasteiger partial charge >= 0.3 is 0 Å². The highest BCUT2D eigenvalue weighted by atomic mass is 35.5. The van der Waals surface area contributed by atoms with Crippen molar-refractivity contribution in [3.05, 3.63) is 82.3 Å². The van der Waals surface area contributed by atoms with Crippen LogP contribution in [0.4, 0.5) is 0 Å². The van der Waals surface area contributed by atoms with Gasteiger partial charge in [0.25, 0.3) is 11.8 Å². The average molecular weight is 470 g/mol. The van der Waals surface area contributed by atoms with Gasteiger partial charge in [-0.1, -0.05) is 40.5 Å². The van der Waals surface area contributed by atoms with Gasteiger partial charge in [0.15, 0.2) is 6.61 Å². The molecule has 0 aliphatic heterocycles. The number of hydrogen-bond donors (Lipinski definition) is 1. The lowest BCUT2D eigenvalue weighted by Gasteiger charge is -2.08. The molecule has 0 unspecified atom stereocenters. The molecule has 0 saturated carbocycles. The van der Waals surface area contributed by atoms with Crippen molar-refractivity contribution in [2.75, 3.05) is 6.61 Å². The zero-order valence-corrected chi connectivity index (χ0v) is 18.1. The van der Waals surface area contributed by atoms with Crippen molar-refractivity contribution < 1.29 is 18.8 Å². The van der Waals surface area contributed by atoms with Crippen molar-refractivity contribution in [3.63, 3.8) is 0 Å². The summed E-state index contributed by atoms with van der Waals surface area (Å²) < 4.78 is 16.5. The number of amides is 1. The lowest BCUT2D eigenvalue weighted by Crippen LogP contribution is -2.19. The van der Waals surface area contributed by atoms with E-state index >= 15 is 0 Å². The predicted octanol–water partition coefficient (Wildman–Crippen LogP) is 5.15. The van der Waals surface area contributed by atoms with Crippen molar-refractivity contribution in [1.82, 2.24) is 10.1 Å². The Balaban J connectivity index is 1.45. The van der Waals surface area contributed by atoms with Gasteiger partial charge in [0.2, 0.25) is 5.82 Å². The van der Waals surface area contributed by atoms with Crippen molar-refractivity contribution in [2.24, 2.45) is 5.73 Å². The topological polar surface area (TPSA) is 100 Å². The Labute approximate surface area is 193 Å². The number of rotatable bonds is 8. The standard InChI is InChI=1S/C23H17Cl2N3O4/c24-17-6-9-20(19(25)11-17)31-12-14-2-1-3-16(10-14)23-27-22(28-32-23)15-4-7-18(8-5-15)30-13-21(26)29/h1-11H,12-13H2,(H2,26,29). The van der Waals surface area contributed by atoms with Gasteiger partial charge in [0.1, 0.15) is 18.1 Å². The summed E-state index contributed by atoms with van der Waals surface area (Å²) in [6.45, 7) is 0.124. The maximum absolute atomic E-state index is 10.8. The highest BCUT2D eigenvalue weighted by Gasteiger charge is 2.12. The highest BCUT2D eigenvalue weighted by Crippen LogP contribution is 2.29. The first-order valence-electron chi connectivity index (χ1n) is 9.50. The number of benzene rings is 3. The first-order valence-corrected chi connectivity index (χ1v) is 10.3. The molecule has 1 aromatic heterocycles. The van der Waals surface area contributed by atoms with Crippen LogP contribution >= 0.6 is 23.2 Å². The van der Waals surface area contributed by atoms with E-state index in [0.717, 1.165) is 16.7 Å². The summed E-state index contributed by atoms with van der Waals surface area (Å²) in [6, 6.07) is 19.6. The smallest absolute Gasteiger partial charge is 0.258 e. The molecule has 1 heterocycles. The molecule has 32 heavy (non-hydrogen) atoms. The lowest BCUT2D eigenvalue weighted by molar-refractivity contribution is -0.119. The minimum atomic E-state index is -0.541. The summed E-state index contributed by atoms with van der Waals surface area (Å²) in [6.07, 6.45) is 0. The van der Waals surface area contributed by atoms with Crippen molar-refractivity contribution >= 4 is 29.1 Å². The van der Waals surface area contributed by atoms with Crippen molar-refractivity contribution in [2.45, 2.75) is 6.61 Å². The van der Waals surface area contributed by atoms with Crippen LogP contribution in [0.15, 0.2) is 71.3 Å². The molecular formula is C23H17Cl2N3O4. The molecule has 7 nitrogen and oxygen atoms in total. The molecule has 1 amide bonds. The molecule has 0 aliphatic carbocycles. The molecule has 9 heteroatoms. The first kappa shape index (κ1) is 21.7. The second-order valence-electron chi connectivity index (χ2n) is 6.77. The van der Waals surface area contributed by atoms with Crippen LogP contribution in [0, 0.1) is 0 Å². The third-order valence-corrected chi connectivity index (χ3v) is 4.91. The Hall–Kier alpha value is -3.55. The third-order valence-electron chi connectivity index (χ3n) is 4.38. The fraction of sp³-hybridized carbons (Fsp3) is 0.0870. The van der Waals surface area contributed by atoms with Crippen LogP contribution < -0.4 is 15.2 Å². The molecule has 2 N–H and O–H groups in total. The third kappa shape index (κ3) is 5.38. The molecule has 0 radical (unpaired) electrons. The normalized spacial score (nSPS) is 10.7. The number of carbonyl (C=O) groups excluding carboxylic acids is 1. The van der Waals surface area contributed by atoms with E-state index in [-0.39, 0.29) is 6.61 Å². The van der Waals surface area contributed by atoms with Gasteiger partial charge in [0.05, 0.1) is 5.02 Å². The number of primary amides is 1. The van der Waals surface area contributed by atoms with E-state index in [0.29, 0.717) is 39.9 Å². The van der Waals surface area contributed by atoms with Crippen LogP contribution in [0.2, 0.25) is 10.0 Å². The molecule has 0 fully saturated rings. The van der Waals surface area contributed by atoms with E-state index in [1.54, 1.807) is 42.5 Å². The van der Waals surface area contributed by atoms with Crippen LogP contribution in [0.1, 0.15) is 5.56 Å². The zero-order chi connectivity index (χ0) is 22.5. The molecule has 162 valence electrons. The Bertz CT molecular complexity index is 1240. The van der Waals surface area contributed by atoms with Gasteiger partial charge in [0, 0.05) is 16.1 Å². The van der Waals surface area contributed by atoms with Gasteiger partial charge in [-0.3, -0.25) is 4.79 Å². The largest absolute Gasteiger partial charge is 0.487 e. The number of halogens is 2. The van der Waals surface area contributed by atoms with E-state index in [9.17, 15) is 4.79 Å². The molecule has 0 saturated heterocycles. The van der Waals surface area contributed by atoms with Gasteiger partial charge in [-0.25, -0.2) is 0 Å². The van der Waals surface area contributed by atoms with Crippen LogP contribution in [-0.4, -0.2) is 22.7 Å². The van der Waals surface area contributed by atoms with E-state index in [1.165, 1.54) is 0 Å². The van der Waals surface area contributed by atoms with Crippen LogP contribution in [-0.2, 0) is 11.4 Å². The Morgan fingerprint density at radius 1 is 0.969 bits per heavy atom. The van der Waals surface area contributed by atoms with Gasteiger partial charge in [-0.15, -0.1) is 0 Å². The number of aromatic nitrogens is 2. The maximum atomic E-state index is 10.8. The fourth-order valence-corrected chi connectivity index (χ4v) is 3.32. The predicted molar refractivity (Wildman–Crippen MR) is 121 cm³/mol. The van der Waals surface area contributed by atoms with E-state index in [2.05, 4.69) is 10.1 Å². The summed E-state index contributed by atoms with van der Waals surface area (Å²) in [5.41, 5.74) is 7.48. The molecule has 0 atom stereocenters. The number of nitrogens with two attached hydrogens (primary N) is 1. The number of ether oxygens (including phenoxy) is 2. The second-order valence-corrected chi connectivity index (χ2v) is 7.61. The summed E-state index contributed by atoms with van der Waals surface area (Å²) in [7, 11) is 0. The van der Waals surface area contributed by atoms with Crippen molar-refractivity contribution in [1.29, 1.82) is 0 Å². The van der Waals surface area contributed by atoms with E-state index < -0.39 is 5.91 Å². The second kappa shape index (κ2) is 9.72. The Morgan fingerprint density at radius 3 is 2.53 bits per heavy atom. The highest BCUT2D eigenvalue weighted by molar-refractivity contribution is 6.35. The van der Waals surface area contributed by atoms with Crippen molar-refractivity contribution in [3.8, 4) is 34.3 Å². The maximum Gasteiger partial charge on any atom is 0.258 e. The molecule has 0 bridgehead atoms. The quantitative estimate of drug-likeness (QED) is 0.382. The first-order chi connectivity index (χ1) is 15.5. The van der Waals surface area contributed by atoms with Crippen LogP contribution in [0.5, 0.6) is 11.5 Å². The zero-order valence-electron chi connectivity index (χ0n) is 16.6. The van der Waals surface area contributed by atoms with Gasteiger partial charge in [-0.2, -0.15) is 4.98 Å². The minimum absolute atomic E-state index is 0.185. The summed E-state index contributed by atoms with van der Waals surface area (Å²) in [5, 5.41) is 5.04. The van der Waals surface area contributed by atoms with Gasteiger partial charge < -0.3 is 19.7 Å². The SMILES string of the molecule is NC(=O)COc1ccc(-c2noc(-c3cccc(COc4ccc(Cl)cc4Cl)c3)n2)cc1. The summed E-state index contributed by atoms with van der Waals surface area (Å²) >= 11 is 12.1. The van der Waals surface area contributed by atoms with E-state index in [1.807, 2.05) is 24.3 Å². The molecule has 0 aliphatic rings. The molecule has 4 rings (SSSR count). The summed E-state index contributed by atoms with van der Waals surface area (Å²) in [4.78, 5) is 15.3. The summed E-state index contributed by atoms with van der Waals surface area (Å²) in [5.74, 6) is 1.33. The van der Waals surface area contributed by atoms with Gasteiger partial charge in [-0.05, 0) is 60.2 Å². The van der Waals surface area contributed by atoms with Crippen LogP contribution in [0.3, 0.4) is 0 Å².